The lowest BCUT2D eigenvalue weighted by atomic mass is 10.1. The van der Waals surface area contributed by atoms with Gasteiger partial charge in [0.05, 0.1) is 12.8 Å². The van der Waals surface area contributed by atoms with E-state index < -0.39 is 5.91 Å². The molecule has 1 saturated carbocycles. The summed E-state index contributed by atoms with van der Waals surface area (Å²) in [6.45, 7) is 1.95. The molecule has 3 N–H and O–H groups in total. The van der Waals surface area contributed by atoms with E-state index in [4.69, 9.17) is 10.5 Å². The lowest BCUT2D eigenvalue weighted by Crippen LogP contribution is -2.14. The third-order valence-electron chi connectivity index (χ3n) is 3.32. The second kappa shape index (κ2) is 5.77. The normalized spacial score (nSPS) is 14.8. The lowest BCUT2D eigenvalue weighted by molar-refractivity contribution is -0.112. The Balaban J connectivity index is 2.18. The predicted octanol–water partition coefficient (Wildman–Crippen LogP) is 2.09. The van der Waals surface area contributed by atoms with Crippen LogP contribution >= 0.6 is 0 Å². The number of carbonyl (C=O) groups is 2. The summed E-state index contributed by atoms with van der Waals surface area (Å²) in [6, 6.07) is 4.68. The van der Waals surface area contributed by atoms with Gasteiger partial charge in [-0.3, -0.25) is 9.59 Å². The smallest absolute Gasteiger partial charge is 0.248 e. The SMILES string of the molecule is COc1ccc(C(N)=O)cc1NC(=O)C=C(C)C1CC1. The molecule has 0 bridgehead atoms. The molecule has 0 spiro atoms. The Bertz CT molecular complexity index is 574. The van der Waals surface area contributed by atoms with Crippen LogP contribution in [0.1, 0.15) is 30.1 Å². The van der Waals surface area contributed by atoms with Crippen LogP contribution < -0.4 is 15.8 Å². The zero-order chi connectivity index (χ0) is 14.7. The molecule has 1 aromatic carbocycles. The van der Waals surface area contributed by atoms with Crippen LogP contribution in [0, 0.1) is 5.92 Å². The number of amides is 2. The van der Waals surface area contributed by atoms with Crippen molar-refractivity contribution in [1.82, 2.24) is 0 Å². The average molecular weight is 274 g/mol. The van der Waals surface area contributed by atoms with Gasteiger partial charge in [0, 0.05) is 11.6 Å². The second-order valence-corrected chi connectivity index (χ2v) is 4.93. The van der Waals surface area contributed by atoms with E-state index in [0.717, 1.165) is 18.4 Å². The van der Waals surface area contributed by atoms with E-state index >= 15 is 0 Å². The maximum absolute atomic E-state index is 11.9. The number of ether oxygens (including phenoxy) is 1. The molecule has 0 radical (unpaired) electrons. The van der Waals surface area contributed by atoms with Crippen LogP contribution in [0.2, 0.25) is 0 Å². The van der Waals surface area contributed by atoms with E-state index in [2.05, 4.69) is 5.32 Å². The maximum Gasteiger partial charge on any atom is 0.248 e. The number of carbonyl (C=O) groups excluding carboxylic acids is 2. The molecule has 106 valence electrons. The molecule has 5 nitrogen and oxygen atoms in total. The first kappa shape index (κ1) is 14.1. The molecule has 1 aliphatic rings. The first-order valence-corrected chi connectivity index (χ1v) is 6.48. The number of primary amides is 1. The summed E-state index contributed by atoms with van der Waals surface area (Å²) in [5.41, 5.74) is 7.07. The highest BCUT2D eigenvalue weighted by Gasteiger charge is 2.23. The number of methoxy groups -OCH3 is 1. The van der Waals surface area contributed by atoms with Gasteiger partial charge in [0.1, 0.15) is 5.75 Å². The Labute approximate surface area is 117 Å². The molecule has 0 unspecified atom stereocenters. The third-order valence-corrected chi connectivity index (χ3v) is 3.32. The quantitative estimate of drug-likeness (QED) is 0.807. The molecular weight excluding hydrogens is 256 g/mol. The molecule has 1 fully saturated rings. The number of hydrogen-bond acceptors (Lipinski definition) is 3. The van der Waals surface area contributed by atoms with Gasteiger partial charge in [0.15, 0.2) is 0 Å². The van der Waals surface area contributed by atoms with Crippen LogP contribution in [0.3, 0.4) is 0 Å². The van der Waals surface area contributed by atoms with Crippen molar-refractivity contribution in [3.05, 3.63) is 35.4 Å². The summed E-state index contributed by atoms with van der Waals surface area (Å²) < 4.78 is 5.16. The molecule has 1 aromatic rings. The van der Waals surface area contributed by atoms with Crippen molar-refractivity contribution in [2.45, 2.75) is 19.8 Å². The van der Waals surface area contributed by atoms with Crippen molar-refractivity contribution in [3.8, 4) is 5.75 Å². The monoisotopic (exact) mass is 274 g/mol. The van der Waals surface area contributed by atoms with Gasteiger partial charge in [-0.1, -0.05) is 5.57 Å². The van der Waals surface area contributed by atoms with Crippen LogP contribution in [-0.4, -0.2) is 18.9 Å². The fraction of sp³-hybridized carbons (Fsp3) is 0.333. The van der Waals surface area contributed by atoms with E-state index in [-0.39, 0.29) is 5.91 Å². The van der Waals surface area contributed by atoms with E-state index in [1.807, 2.05) is 6.92 Å². The molecule has 0 heterocycles. The Morgan fingerprint density at radius 1 is 1.40 bits per heavy atom. The van der Waals surface area contributed by atoms with Gasteiger partial charge in [-0.25, -0.2) is 0 Å². The second-order valence-electron chi connectivity index (χ2n) is 4.93. The number of rotatable bonds is 5. The fourth-order valence-corrected chi connectivity index (χ4v) is 1.99. The molecule has 5 heteroatoms. The Morgan fingerprint density at radius 3 is 2.65 bits per heavy atom. The number of allylic oxidation sites excluding steroid dienone is 1. The molecule has 0 aliphatic heterocycles. The standard InChI is InChI=1S/C15H18N2O3/c1-9(10-3-4-10)7-14(18)17-12-8-11(15(16)19)5-6-13(12)20-2/h5-8,10H,3-4H2,1-2H3,(H2,16,19)(H,17,18). The van der Waals surface area contributed by atoms with Crippen LogP contribution in [0.15, 0.2) is 29.8 Å². The largest absolute Gasteiger partial charge is 0.495 e. The van der Waals surface area contributed by atoms with Crippen LogP contribution in [0.5, 0.6) is 5.75 Å². The molecule has 2 rings (SSSR count). The minimum atomic E-state index is -0.548. The molecular formula is C15H18N2O3. The molecule has 0 saturated heterocycles. The highest BCUT2D eigenvalue weighted by molar-refractivity contribution is 6.02. The Morgan fingerprint density at radius 2 is 2.10 bits per heavy atom. The molecule has 0 atom stereocenters. The van der Waals surface area contributed by atoms with Gasteiger partial charge in [0.2, 0.25) is 11.8 Å². The summed E-state index contributed by atoms with van der Waals surface area (Å²) >= 11 is 0. The van der Waals surface area contributed by atoms with Crippen molar-refractivity contribution in [1.29, 1.82) is 0 Å². The van der Waals surface area contributed by atoms with Crippen LogP contribution in [-0.2, 0) is 4.79 Å². The maximum atomic E-state index is 11.9. The van der Waals surface area contributed by atoms with E-state index in [0.29, 0.717) is 22.9 Å². The average Bonchev–Trinajstić information content (AvgIpc) is 3.22. The Kier molecular flexibility index (Phi) is 4.08. The number of hydrogen-bond donors (Lipinski definition) is 2. The summed E-state index contributed by atoms with van der Waals surface area (Å²) in [6.07, 6.45) is 3.89. The first-order valence-electron chi connectivity index (χ1n) is 6.48. The van der Waals surface area contributed by atoms with Crippen molar-refractivity contribution < 1.29 is 14.3 Å². The molecule has 0 aromatic heterocycles. The highest BCUT2D eigenvalue weighted by Crippen LogP contribution is 2.36. The van der Waals surface area contributed by atoms with E-state index in [9.17, 15) is 9.59 Å². The third kappa shape index (κ3) is 3.38. The molecule has 2 amide bonds. The van der Waals surface area contributed by atoms with Crippen molar-refractivity contribution in [2.24, 2.45) is 11.7 Å². The van der Waals surface area contributed by atoms with Crippen LogP contribution in [0.4, 0.5) is 5.69 Å². The van der Waals surface area contributed by atoms with Gasteiger partial charge >= 0.3 is 0 Å². The fourth-order valence-electron chi connectivity index (χ4n) is 1.99. The summed E-state index contributed by atoms with van der Waals surface area (Å²) in [5, 5.41) is 2.72. The van der Waals surface area contributed by atoms with Crippen LogP contribution in [0.25, 0.3) is 0 Å². The van der Waals surface area contributed by atoms with E-state index in [1.54, 1.807) is 18.2 Å². The lowest BCUT2D eigenvalue weighted by Gasteiger charge is -2.10. The summed E-state index contributed by atoms with van der Waals surface area (Å²) in [7, 11) is 1.50. The van der Waals surface area contributed by atoms with Gasteiger partial charge < -0.3 is 15.8 Å². The van der Waals surface area contributed by atoms with Gasteiger partial charge in [-0.05, 0) is 43.9 Å². The zero-order valence-electron chi connectivity index (χ0n) is 11.6. The minimum absolute atomic E-state index is 0.227. The number of benzene rings is 1. The predicted molar refractivity (Wildman–Crippen MR) is 76.6 cm³/mol. The highest BCUT2D eigenvalue weighted by atomic mass is 16.5. The summed E-state index contributed by atoms with van der Waals surface area (Å²) in [4.78, 5) is 23.1. The Hall–Kier alpha value is -2.30. The van der Waals surface area contributed by atoms with E-state index in [1.165, 1.54) is 13.2 Å². The molecule has 20 heavy (non-hydrogen) atoms. The molecule has 1 aliphatic carbocycles. The number of nitrogens with one attached hydrogen (secondary N) is 1. The summed E-state index contributed by atoms with van der Waals surface area (Å²) in [5.74, 6) is 0.252. The van der Waals surface area contributed by atoms with Crippen molar-refractivity contribution in [3.63, 3.8) is 0 Å². The van der Waals surface area contributed by atoms with Gasteiger partial charge in [0.25, 0.3) is 0 Å². The number of anilines is 1. The first-order chi connectivity index (χ1) is 9.51. The van der Waals surface area contributed by atoms with Gasteiger partial charge in [-0.15, -0.1) is 0 Å². The van der Waals surface area contributed by atoms with Crippen molar-refractivity contribution in [2.75, 3.05) is 12.4 Å². The number of nitrogens with two attached hydrogens (primary N) is 1. The van der Waals surface area contributed by atoms with Crippen molar-refractivity contribution >= 4 is 17.5 Å². The zero-order valence-corrected chi connectivity index (χ0v) is 11.6. The minimum Gasteiger partial charge on any atom is -0.495 e. The topological polar surface area (TPSA) is 81.4 Å². The van der Waals surface area contributed by atoms with Gasteiger partial charge in [-0.2, -0.15) is 0 Å².